The van der Waals surface area contributed by atoms with Crippen LogP contribution in [0.4, 0.5) is 10.5 Å². The largest absolute Gasteiger partial charge is 0.343 e. The first kappa shape index (κ1) is 20.1. The molecule has 1 N–H and O–H groups in total. The third kappa shape index (κ3) is 3.79. The molecule has 7 nitrogen and oxygen atoms in total. The molecule has 1 aliphatic heterocycles. The Kier molecular flexibility index (Phi) is 5.79. The van der Waals surface area contributed by atoms with Gasteiger partial charge < -0.3 is 15.1 Å². The first-order valence-corrected chi connectivity index (χ1v) is 10.6. The first-order chi connectivity index (χ1) is 14.6. The second kappa shape index (κ2) is 8.65. The fourth-order valence-corrected chi connectivity index (χ4v) is 4.24. The summed E-state index contributed by atoms with van der Waals surface area (Å²) in [6.45, 7) is 6.46. The Morgan fingerprint density at radius 3 is 2.63 bits per heavy atom. The molecule has 1 saturated heterocycles. The van der Waals surface area contributed by atoms with E-state index in [-0.39, 0.29) is 17.9 Å². The monoisotopic (exact) mass is 405 g/mol. The van der Waals surface area contributed by atoms with Crippen molar-refractivity contribution >= 4 is 39.4 Å². The Balaban J connectivity index is 1.57. The molecular formula is C23H27N5O2. The number of aromatic nitrogens is 2. The van der Waals surface area contributed by atoms with Gasteiger partial charge in [0.15, 0.2) is 0 Å². The van der Waals surface area contributed by atoms with Gasteiger partial charge in [-0.2, -0.15) is 0 Å². The summed E-state index contributed by atoms with van der Waals surface area (Å²) in [6, 6.07) is 9.41. The van der Waals surface area contributed by atoms with Crippen LogP contribution >= 0.6 is 0 Å². The molecule has 156 valence electrons. The Bertz CT molecular complexity index is 1080. The van der Waals surface area contributed by atoms with E-state index in [1.165, 1.54) is 0 Å². The lowest BCUT2D eigenvalue weighted by Gasteiger charge is -2.34. The van der Waals surface area contributed by atoms with Crippen molar-refractivity contribution in [3.8, 4) is 0 Å². The number of anilines is 1. The summed E-state index contributed by atoms with van der Waals surface area (Å²) in [4.78, 5) is 38.4. The number of benzene rings is 1. The van der Waals surface area contributed by atoms with Crippen molar-refractivity contribution in [2.75, 3.05) is 31.5 Å². The molecule has 7 heteroatoms. The van der Waals surface area contributed by atoms with Crippen LogP contribution in [0.3, 0.4) is 0 Å². The molecule has 2 aromatic heterocycles. The maximum Gasteiger partial charge on any atom is 0.321 e. The average molecular weight is 406 g/mol. The van der Waals surface area contributed by atoms with Crippen LogP contribution in [0.2, 0.25) is 0 Å². The third-order valence-corrected chi connectivity index (χ3v) is 5.83. The summed E-state index contributed by atoms with van der Waals surface area (Å²) in [7, 11) is 0. The number of fused-ring (bicyclic) bond motifs is 3. The second-order valence-electron chi connectivity index (χ2n) is 7.62. The number of amides is 3. The highest BCUT2D eigenvalue weighted by atomic mass is 16.2. The molecule has 0 aliphatic carbocycles. The van der Waals surface area contributed by atoms with E-state index in [0.717, 1.165) is 29.1 Å². The molecular weight excluding hydrogens is 378 g/mol. The summed E-state index contributed by atoms with van der Waals surface area (Å²) in [5.74, 6) is 0.00136. The van der Waals surface area contributed by atoms with Crippen LogP contribution in [0.5, 0.6) is 0 Å². The molecule has 1 fully saturated rings. The van der Waals surface area contributed by atoms with Crippen LogP contribution in [0, 0.1) is 5.92 Å². The SMILES string of the molecule is CCN(CC)C(=O)C1CCCN(C(=O)Nc2cc3cccnc3c3cccnc23)C1. The molecule has 0 radical (unpaired) electrons. The van der Waals surface area contributed by atoms with Crippen molar-refractivity contribution < 1.29 is 9.59 Å². The van der Waals surface area contributed by atoms with Gasteiger partial charge in [0.05, 0.1) is 22.6 Å². The zero-order valence-electron chi connectivity index (χ0n) is 17.5. The topological polar surface area (TPSA) is 78.4 Å². The van der Waals surface area contributed by atoms with Crippen LogP contribution in [-0.4, -0.2) is 57.9 Å². The molecule has 0 spiro atoms. The minimum absolute atomic E-state index is 0.139. The molecule has 4 rings (SSSR count). The molecule has 3 heterocycles. The van der Waals surface area contributed by atoms with Crippen LogP contribution in [0.25, 0.3) is 21.8 Å². The maximum atomic E-state index is 13.1. The number of hydrogen-bond acceptors (Lipinski definition) is 4. The Labute approximate surface area is 176 Å². The lowest BCUT2D eigenvalue weighted by atomic mass is 9.96. The van der Waals surface area contributed by atoms with Crippen LogP contribution in [-0.2, 0) is 4.79 Å². The van der Waals surface area contributed by atoms with E-state index in [4.69, 9.17) is 0 Å². The van der Waals surface area contributed by atoms with E-state index in [9.17, 15) is 9.59 Å². The molecule has 1 aromatic carbocycles. The summed E-state index contributed by atoms with van der Waals surface area (Å²) in [6.07, 6.45) is 5.12. The lowest BCUT2D eigenvalue weighted by molar-refractivity contribution is -0.136. The highest BCUT2D eigenvalue weighted by Gasteiger charge is 2.30. The van der Waals surface area contributed by atoms with E-state index in [0.29, 0.717) is 37.4 Å². The predicted molar refractivity (Wildman–Crippen MR) is 118 cm³/mol. The van der Waals surface area contributed by atoms with Crippen molar-refractivity contribution in [1.29, 1.82) is 0 Å². The van der Waals surface area contributed by atoms with E-state index in [1.54, 1.807) is 17.3 Å². The van der Waals surface area contributed by atoms with Crippen molar-refractivity contribution in [2.45, 2.75) is 26.7 Å². The highest BCUT2D eigenvalue weighted by molar-refractivity contribution is 6.11. The normalized spacial score (nSPS) is 16.6. The molecule has 0 saturated carbocycles. The fraction of sp³-hybridized carbons (Fsp3) is 0.391. The van der Waals surface area contributed by atoms with Gasteiger partial charge in [-0.05, 0) is 51.0 Å². The van der Waals surface area contributed by atoms with Crippen LogP contribution < -0.4 is 5.32 Å². The van der Waals surface area contributed by atoms with Gasteiger partial charge in [-0.1, -0.05) is 6.07 Å². The predicted octanol–water partition coefficient (Wildman–Crippen LogP) is 3.90. The van der Waals surface area contributed by atoms with Gasteiger partial charge in [-0.3, -0.25) is 14.8 Å². The van der Waals surface area contributed by atoms with Gasteiger partial charge >= 0.3 is 6.03 Å². The van der Waals surface area contributed by atoms with Gasteiger partial charge in [0.2, 0.25) is 5.91 Å². The highest BCUT2D eigenvalue weighted by Crippen LogP contribution is 2.29. The zero-order valence-corrected chi connectivity index (χ0v) is 17.5. The van der Waals surface area contributed by atoms with Crippen LogP contribution in [0.1, 0.15) is 26.7 Å². The number of likely N-dealkylation sites (tertiary alicyclic amines) is 1. The quantitative estimate of drug-likeness (QED) is 0.668. The molecule has 1 aliphatic rings. The smallest absolute Gasteiger partial charge is 0.321 e. The number of pyridine rings is 2. The van der Waals surface area contributed by atoms with Gasteiger partial charge in [0, 0.05) is 49.3 Å². The average Bonchev–Trinajstić information content (AvgIpc) is 2.80. The van der Waals surface area contributed by atoms with E-state index < -0.39 is 0 Å². The summed E-state index contributed by atoms with van der Waals surface area (Å²) in [5.41, 5.74) is 2.24. The van der Waals surface area contributed by atoms with Gasteiger partial charge in [-0.15, -0.1) is 0 Å². The van der Waals surface area contributed by atoms with Crippen LogP contribution in [0.15, 0.2) is 42.7 Å². The number of nitrogens with one attached hydrogen (secondary N) is 1. The number of carbonyl (C=O) groups is 2. The number of rotatable bonds is 4. The summed E-state index contributed by atoms with van der Waals surface area (Å²) < 4.78 is 0. The van der Waals surface area contributed by atoms with Crippen molar-refractivity contribution in [1.82, 2.24) is 19.8 Å². The zero-order chi connectivity index (χ0) is 21.1. The molecule has 0 bridgehead atoms. The van der Waals surface area contributed by atoms with Gasteiger partial charge in [0.25, 0.3) is 0 Å². The molecule has 30 heavy (non-hydrogen) atoms. The van der Waals surface area contributed by atoms with Crippen molar-refractivity contribution in [2.24, 2.45) is 5.92 Å². The minimum atomic E-state index is -0.192. The maximum absolute atomic E-state index is 13.1. The summed E-state index contributed by atoms with van der Waals surface area (Å²) >= 11 is 0. The Morgan fingerprint density at radius 1 is 1.13 bits per heavy atom. The van der Waals surface area contributed by atoms with Crippen molar-refractivity contribution in [3.05, 3.63) is 42.7 Å². The first-order valence-electron chi connectivity index (χ1n) is 10.6. The number of nitrogens with zero attached hydrogens (tertiary/aromatic N) is 4. The molecule has 3 aromatic rings. The lowest BCUT2D eigenvalue weighted by Crippen LogP contribution is -2.48. The Morgan fingerprint density at radius 2 is 1.87 bits per heavy atom. The summed E-state index contributed by atoms with van der Waals surface area (Å²) in [5, 5.41) is 4.88. The standard InChI is InChI=1S/C23H27N5O2/c1-3-27(4-2)22(29)17-9-7-13-28(15-17)23(30)26-19-14-16-8-5-11-24-20(16)18-10-6-12-25-21(18)19/h5-6,8,10-12,14,17H,3-4,7,9,13,15H2,1-2H3,(H,26,30). The van der Waals surface area contributed by atoms with E-state index in [2.05, 4.69) is 15.3 Å². The van der Waals surface area contributed by atoms with E-state index >= 15 is 0 Å². The fourth-order valence-electron chi connectivity index (χ4n) is 4.24. The molecule has 1 atom stereocenters. The number of carbonyl (C=O) groups excluding carboxylic acids is 2. The van der Waals surface area contributed by atoms with Gasteiger partial charge in [0.1, 0.15) is 0 Å². The minimum Gasteiger partial charge on any atom is -0.343 e. The number of piperidine rings is 1. The van der Waals surface area contributed by atoms with E-state index in [1.807, 2.05) is 49.1 Å². The third-order valence-electron chi connectivity index (χ3n) is 5.83. The van der Waals surface area contributed by atoms with Crippen molar-refractivity contribution in [3.63, 3.8) is 0 Å². The Hall–Kier alpha value is -3.22. The number of urea groups is 1. The van der Waals surface area contributed by atoms with Gasteiger partial charge in [-0.25, -0.2) is 4.79 Å². The molecule has 3 amide bonds. The molecule has 1 unspecified atom stereocenters. The second-order valence-corrected chi connectivity index (χ2v) is 7.62. The number of hydrogen-bond donors (Lipinski definition) is 1.